The largest absolute Gasteiger partial charge is 0.493 e. The van der Waals surface area contributed by atoms with Crippen LogP contribution in [0.15, 0.2) is 108 Å². The average molecular weight is 564 g/mol. The Hall–Kier alpha value is -5.90. The zero-order valence-corrected chi connectivity index (χ0v) is 22.4. The highest BCUT2D eigenvalue weighted by Crippen LogP contribution is 2.33. The summed E-state index contributed by atoms with van der Waals surface area (Å²) in [7, 11) is 1.44. The fourth-order valence-corrected chi connectivity index (χ4v) is 3.92. The zero-order valence-electron chi connectivity index (χ0n) is 22.4. The third kappa shape index (κ3) is 6.80. The first-order valence-corrected chi connectivity index (χ1v) is 12.8. The van der Waals surface area contributed by atoms with Gasteiger partial charge in [-0.25, -0.2) is 10.2 Å². The highest BCUT2D eigenvalue weighted by atomic mass is 16.7. The topological polar surface area (TPSA) is 125 Å². The number of nitrogens with zero attached hydrogens (tertiary/aromatic N) is 1. The zero-order chi connectivity index (χ0) is 29.3. The van der Waals surface area contributed by atoms with Gasteiger partial charge < -0.3 is 24.3 Å². The molecule has 5 rings (SSSR count). The first kappa shape index (κ1) is 27.7. The number of hydrogen-bond acceptors (Lipinski definition) is 8. The molecule has 0 saturated heterocycles. The van der Waals surface area contributed by atoms with Crippen LogP contribution < -0.4 is 29.7 Å². The molecular formula is C32H25N3O7. The number of carbonyl (C=O) groups excluding carboxylic acids is 3. The lowest BCUT2D eigenvalue weighted by atomic mass is 10.1. The molecule has 2 amide bonds. The van der Waals surface area contributed by atoms with E-state index in [4.69, 9.17) is 18.9 Å². The Balaban J connectivity index is 1.31. The molecular weight excluding hydrogens is 538 g/mol. The van der Waals surface area contributed by atoms with Gasteiger partial charge in [-0.05, 0) is 71.8 Å². The third-order valence-electron chi connectivity index (χ3n) is 6.02. The van der Waals surface area contributed by atoms with Crippen LogP contribution in [0.1, 0.15) is 31.8 Å². The van der Waals surface area contributed by atoms with E-state index in [2.05, 4.69) is 15.8 Å². The molecule has 10 nitrogen and oxygen atoms in total. The van der Waals surface area contributed by atoms with E-state index in [1.165, 1.54) is 19.4 Å². The molecule has 4 aromatic rings. The van der Waals surface area contributed by atoms with Crippen LogP contribution >= 0.6 is 0 Å². The van der Waals surface area contributed by atoms with Gasteiger partial charge in [-0.2, -0.15) is 5.10 Å². The van der Waals surface area contributed by atoms with Crippen LogP contribution in [-0.4, -0.2) is 37.9 Å². The van der Waals surface area contributed by atoms with Crippen LogP contribution in [-0.2, 0) is 4.79 Å². The van der Waals surface area contributed by atoms with Crippen molar-refractivity contribution in [1.29, 1.82) is 0 Å². The van der Waals surface area contributed by atoms with Crippen molar-refractivity contribution < 1.29 is 33.3 Å². The Morgan fingerprint density at radius 2 is 1.48 bits per heavy atom. The minimum Gasteiger partial charge on any atom is -0.493 e. The molecule has 0 fully saturated rings. The second-order valence-corrected chi connectivity index (χ2v) is 8.86. The van der Waals surface area contributed by atoms with Gasteiger partial charge in [0.25, 0.3) is 11.8 Å². The summed E-state index contributed by atoms with van der Waals surface area (Å²) in [5.74, 6) is -0.00382. The Morgan fingerprint density at radius 1 is 0.786 bits per heavy atom. The highest BCUT2D eigenvalue weighted by Gasteiger charge is 2.17. The van der Waals surface area contributed by atoms with Gasteiger partial charge in [0.1, 0.15) is 5.70 Å². The number of hydrazone groups is 1. The van der Waals surface area contributed by atoms with E-state index in [-0.39, 0.29) is 18.2 Å². The minimum atomic E-state index is -0.659. The monoisotopic (exact) mass is 563 g/mol. The number of rotatable bonds is 9. The Labute approximate surface area is 241 Å². The van der Waals surface area contributed by atoms with Crippen molar-refractivity contribution in [1.82, 2.24) is 10.7 Å². The fraction of sp³-hybridized carbons (Fsp3) is 0.0625. The summed E-state index contributed by atoms with van der Waals surface area (Å²) in [5.41, 5.74) is 4.33. The summed E-state index contributed by atoms with van der Waals surface area (Å²) >= 11 is 0. The molecule has 4 aromatic carbocycles. The standard InChI is InChI=1S/C32H25N3O7/c1-39-28-18-22(13-15-27(28)42-32(38)24-10-6-3-7-11-24)19-33-35-31(37)25(34-30(36)23-8-4-2-5-9-23)16-21-12-14-26-29(17-21)41-20-40-26/h2-19H,20H2,1H3,(H,34,36)(H,35,37)/b25-16+,33-19+. The molecule has 0 spiro atoms. The molecule has 0 atom stereocenters. The van der Waals surface area contributed by atoms with E-state index >= 15 is 0 Å². The first-order chi connectivity index (χ1) is 20.5. The summed E-state index contributed by atoms with van der Waals surface area (Å²) in [6.45, 7) is 0.108. The fourth-order valence-electron chi connectivity index (χ4n) is 3.92. The van der Waals surface area contributed by atoms with E-state index in [1.54, 1.807) is 97.1 Å². The Bertz CT molecular complexity index is 1670. The summed E-state index contributed by atoms with van der Waals surface area (Å²) in [5, 5.41) is 6.68. The molecule has 210 valence electrons. The van der Waals surface area contributed by atoms with Crippen molar-refractivity contribution in [2.24, 2.45) is 5.10 Å². The third-order valence-corrected chi connectivity index (χ3v) is 6.02. The van der Waals surface area contributed by atoms with Crippen molar-refractivity contribution in [3.05, 3.63) is 125 Å². The molecule has 0 bridgehead atoms. The number of carbonyl (C=O) groups is 3. The second kappa shape index (κ2) is 13.0. The van der Waals surface area contributed by atoms with Crippen LogP contribution in [0.4, 0.5) is 0 Å². The highest BCUT2D eigenvalue weighted by molar-refractivity contribution is 6.05. The maximum Gasteiger partial charge on any atom is 0.343 e. The quantitative estimate of drug-likeness (QED) is 0.101. The number of methoxy groups -OCH3 is 1. The van der Waals surface area contributed by atoms with Crippen LogP contribution in [0.5, 0.6) is 23.0 Å². The van der Waals surface area contributed by atoms with Gasteiger partial charge in [-0.3, -0.25) is 9.59 Å². The Morgan fingerprint density at radius 3 is 2.21 bits per heavy atom. The van der Waals surface area contributed by atoms with Gasteiger partial charge >= 0.3 is 5.97 Å². The molecule has 10 heteroatoms. The number of benzene rings is 4. The van der Waals surface area contributed by atoms with Gasteiger partial charge in [0.05, 0.1) is 18.9 Å². The van der Waals surface area contributed by atoms with Gasteiger partial charge in [-0.1, -0.05) is 42.5 Å². The molecule has 1 aliphatic heterocycles. The van der Waals surface area contributed by atoms with E-state index in [9.17, 15) is 14.4 Å². The van der Waals surface area contributed by atoms with Crippen molar-refractivity contribution in [3.63, 3.8) is 0 Å². The predicted octanol–water partition coefficient (Wildman–Crippen LogP) is 4.56. The second-order valence-electron chi connectivity index (χ2n) is 8.86. The van der Waals surface area contributed by atoms with Gasteiger partial charge in [0, 0.05) is 5.56 Å². The van der Waals surface area contributed by atoms with Crippen LogP contribution in [0.2, 0.25) is 0 Å². The van der Waals surface area contributed by atoms with E-state index in [0.29, 0.717) is 39.5 Å². The summed E-state index contributed by atoms with van der Waals surface area (Å²) in [6, 6.07) is 27.1. The van der Waals surface area contributed by atoms with Gasteiger partial charge in [0.2, 0.25) is 6.79 Å². The lowest BCUT2D eigenvalue weighted by Crippen LogP contribution is -2.32. The Kier molecular flexibility index (Phi) is 8.54. The van der Waals surface area contributed by atoms with Crippen LogP contribution in [0, 0.1) is 0 Å². The molecule has 42 heavy (non-hydrogen) atoms. The van der Waals surface area contributed by atoms with Crippen molar-refractivity contribution in [2.45, 2.75) is 0 Å². The lowest BCUT2D eigenvalue weighted by molar-refractivity contribution is -0.117. The maximum atomic E-state index is 13.1. The summed E-state index contributed by atoms with van der Waals surface area (Å²) in [6.07, 6.45) is 2.90. The van der Waals surface area contributed by atoms with Crippen LogP contribution in [0.25, 0.3) is 6.08 Å². The summed E-state index contributed by atoms with van der Waals surface area (Å²) in [4.78, 5) is 38.4. The van der Waals surface area contributed by atoms with Crippen molar-refractivity contribution in [3.8, 4) is 23.0 Å². The molecule has 0 saturated carbocycles. The molecule has 0 aliphatic carbocycles. The SMILES string of the molecule is COc1cc(/C=N/NC(=O)/C(=C\c2ccc3c(c2)OCO3)NC(=O)c2ccccc2)ccc1OC(=O)c1ccccc1. The summed E-state index contributed by atoms with van der Waals surface area (Å²) < 4.78 is 21.6. The first-order valence-electron chi connectivity index (χ1n) is 12.8. The average Bonchev–Trinajstić information content (AvgIpc) is 3.50. The number of ether oxygens (including phenoxy) is 4. The van der Waals surface area contributed by atoms with Crippen molar-refractivity contribution in [2.75, 3.05) is 13.9 Å². The number of hydrogen-bond donors (Lipinski definition) is 2. The van der Waals surface area contributed by atoms with Gasteiger partial charge in [-0.15, -0.1) is 0 Å². The van der Waals surface area contributed by atoms with Crippen molar-refractivity contribution >= 4 is 30.1 Å². The van der Waals surface area contributed by atoms with Crippen LogP contribution in [0.3, 0.4) is 0 Å². The number of esters is 1. The molecule has 1 aliphatic rings. The van der Waals surface area contributed by atoms with E-state index in [1.807, 2.05) is 0 Å². The molecule has 1 heterocycles. The molecule has 0 unspecified atom stereocenters. The maximum absolute atomic E-state index is 13.1. The number of amides is 2. The molecule has 2 N–H and O–H groups in total. The van der Waals surface area contributed by atoms with E-state index < -0.39 is 17.8 Å². The molecule has 0 radical (unpaired) electrons. The molecule has 0 aromatic heterocycles. The lowest BCUT2D eigenvalue weighted by Gasteiger charge is -2.10. The van der Waals surface area contributed by atoms with E-state index in [0.717, 1.165) is 0 Å². The number of nitrogens with one attached hydrogen (secondary N) is 2. The smallest absolute Gasteiger partial charge is 0.343 e. The normalized spacial score (nSPS) is 12.1. The number of fused-ring (bicyclic) bond motifs is 1. The minimum absolute atomic E-state index is 0.0411. The van der Waals surface area contributed by atoms with Gasteiger partial charge in [0.15, 0.2) is 23.0 Å². The predicted molar refractivity (Wildman–Crippen MR) is 155 cm³/mol.